The van der Waals surface area contributed by atoms with Gasteiger partial charge in [-0.3, -0.25) is 4.57 Å². The van der Waals surface area contributed by atoms with E-state index in [-0.39, 0.29) is 23.9 Å². The van der Waals surface area contributed by atoms with Crippen molar-refractivity contribution >= 4 is 23.4 Å². The number of fused-ring (bicyclic) bond motifs is 2. The number of furan rings is 1. The largest absolute Gasteiger partial charge is 0.461 e. The molecule has 0 atom stereocenters. The number of likely N-dealkylation sites (tertiary alicyclic amines) is 1. The number of nitrogens with zero attached hydrogens (tertiary/aromatic N) is 4. The van der Waals surface area contributed by atoms with E-state index >= 15 is 0 Å². The Kier molecular flexibility index (Phi) is 6.02. The highest BCUT2D eigenvalue weighted by molar-refractivity contribution is 5.85. The smallest absolute Gasteiger partial charge is 0.345 e. The molecule has 1 saturated heterocycles. The molecule has 1 aromatic carbocycles. The molecule has 8 heteroatoms. The number of benzene rings is 1. The maximum absolute atomic E-state index is 13.5. The Bertz CT molecular complexity index is 1090. The van der Waals surface area contributed by atoms with Gasteiger partial charge in [-0.2, -0.15) is 5.10 Å². The number of hydrogen-bond acceptors (Lipinski definition) is 4. The summed E-state index contributed by atoms with van der Waals surface area (Å²) in [6, 6.07) is 4.83. The van der Waals surface area contributed by atoms with Gasteiger partial charge >= 0.3 is 5.69 Å². The van der Waals surface area contributed by atoms with Crippen molar-refractivity contribution in [3.05, 3.63) is 51.6 Å². The van der Waals surface area contributed by atoms with E-state index in [4.69, 9.17) is 4.42 Å². The number of aryl methyl sites for hydroxylation is 2. The second kappa shape index (κ2) is 8.55. The van der Waals surface area contributed by atoms with Crippen LogP contribution in [0, 0.1) is 12.7 Å². The van der Waals surface area contributed by atoms with Gasteiger partial charge in [0.15, 0.2) is 0 Å². The lowest BCUT2D eigenvalue weighted by atomic mass is 9.87. The lowest BCUT2D eigenvalue weighted by Crippen LogP contribution is -2.37. The quantitative estimate of drug-likeness (QED) is 0.625. The third-order valence-electron chi connectivity index (χ3n) is 6.53. The van der Waals surface area contributed by atoms with Crippen LogP contribution >= 0.6 is 12.4 Å². The molecule has 1 fully saturated rings. The Morgan fingerprint density at radius 1 is 1.17 bits per heavy atom. The Balaban J connectivity index is 0.00000218. The van der Waals surface area contributed by atoms with Crippen LogP contribution in [0.15, 0.2) is 27.4 Å². The SMILES string of the molecule is Cc1oc2cc(F)ccc2c1C1CCN(CCn2nc3n(c2=O)CCCC3)CC1.Cl. The van der Waals surface area contributed by atoms with Crippen molar-refractivity contribution in [3.8, 4) is 0 Å². The summed E-state index contributed by atoms with van der Waals surface area (Å²) in [6.45, 7) is 6.25. The molecule has 2 aromatic heterocycles. The lowest BCUT2D eigenvalue weighted by Gasteiger charge is -2.31. The summed E-state index contributed by atoms with van der Waals surface area (Å²) >= 11 is 0. The van der Waals surface area contributed by atoms with E-state index in [2.05, 4.69) is 10.00 Å². The molecule has 0 saturated carbocycles. The summed E-state index contributed by atoms with van der Waals surface area (Å²) in [5.74, 6) is 2.02. The molecule has 6 nitrogen and oxygen atoms in total. The van der Waals surface area contributed by atoms with Crippen LogP contribution < -0.4 is 5.69 Å². The highest BCUT2D eigenvalue weighted by Gasteiger charge is 2.26. The van der Waals surface area contributed by atoms with E-state index in [0.717, 1.165) is 75.3 Å². The van der Waals surface area contributed by atoms with Crippen molar-refractivity contribution in [1.29, 1.82) is 0 Å². The van der Waals surface area contributed by atoms with Crippen molar-refractivity contribution in [2.24, 2.45) is 0 Å². The van der Waals surface area contributed by atoms with Crippen molar-refractivity contribution < 1.29 is 8.81 Å². The number of piperidine rings is 1. The van der Waals surface area contributed by atoms with Gasteiger partial charge in [0.1, 0.15) is 23.0 Å². The molecule has 2 aliphatic heterocycles. The van der Waals surface area contributed by atoms with Gasteiger partial charge in [-0.1, -0.05) is 0 Å². The van der Waals surface area contributed by atoms with Crippen LogP contribution in [0.4, 0.5) is 4.39 Å². The summed E-state index contributed by atoms with van der Waals surface area (Å²) in [7, 11) is 0. The van der Waals surface area contributed by atoms with Crippen LogP contribution in [0.25, 0.3) is 11.0 Å². The van der Waals surface area contributed by atoms with E-state index < -0.39 is 0 Å². The molecule has 0 amide bonds. The number of aromatic nitrogens is 3. The molecule has 0 N–H and O–H groups in total. The van der Waals surface area contributed by atoms with Crippen LogP contribution in [0.3, 0.4) is 0 Å². The highest BCUT2D eigenvalue weighted by Crippen LogP contribution is 2.37. The molecular formula is C22H28ClFN4O2. The summed E-state index contributed by atoms with van der Waals surface area (Å²) < 4.78 is 22.8. The Hall–Kier alpha value is -2.12. The molecule has 0 bridgehead atoms. The van der Waals surface area contributed by atoms with Crippen molar-refractivity contribution in [2.75, 3.05) is 19.6 Å². The molecule has 5 rings (SSSR count). The van der Waals surface area contributed by atoms with E-state index in [9.17, 15) is 9.18 Å². The molecule has 0 aliphatic carbocycles. The van der Waals surface area contributed by atoms with Gasteiger partial charge in [0.25, 0.3) is 0 Å². The maximum atomic E-state index is 13.5. The fourth-order valence-corrected chi connectivity index (χ4v) is 5.00. The first-order valence-electron chi connectivity index (χ1n) is 10.7. The van der Waals surface area contributed by atoms with Gasteiger partial charge in [-0.15, -0.1) is 12.4 Å². The number of hydrogen-bond donors (Lipinski definition) is 0. The van der Waals surface area contributed by atoms with E-state index in [1.54, 1.807) is 4.68 Å². The van der Waals surface area contributed by atoms with Gasteiger partial charge in [-0.05, 0) is 63.7 Å². The minimum atomic E-state index is -0.260. The minimum Gasteiger partial charge on any atom is -0.461 e. The summed E-state index contributed by atoms with van der Waals surface area (Å²) in [4.78, 5) is 14.9. The van der Waals surface area contributed by atoms with E-state index in [1.807, 2.05) is 17.6 Å². The van der Waals surface area contributed by atoms with Crippen molar-refractivity contribution in [2.45, 2.75) is 58.0 Å². The zero-order chi connectivity index (χ0) is 20.0. The van der Waals surface area contributed by atoms with Crippen LogP contribution in [0.2, 0.25) is 0 Å². The first kappa shape index (κ1) is 21.1. The predicted molar refractivity (Wildman–Crippen MR) is 116 cm³/mol. The van der Waals surface area contributed by atoms with Crippen LogP contribution in [-0.4, -0.2) is 38.9 Å². The summed E-state index contributed by atoms with van der Waals surface area (Å²) in [5.41, 5.74) is 1.92. The standard InChI is InChI=1S/C22H27FN4O2.ClH/c1-15-21(18-6-5-17(23)14-19(18)29-15)16-7-10-25(11-8-16)12-13-27-22(28)26-9-3-2-4-20(26)24-27;/h5-6,14,16H,2-4,7-13H2,1H3;1H. The van der Waals surface area contributed by atoms with Crippen LogP contribution in [0.5, 0.6) is 0 Å². The Morgan fingerprint density at radius 3 is 2.73 bits per heavy atom. The summed E-state index contributed by atoms with van der Waals surface area (Å²) in [5, 5.41) is 5.58. The molecule has 4 heterocycles. The zero-order valence-corrected chi connectivity index (χ0v) is 18.1. The molecule has 2 aliphatic rings. The average molecular weight is 435 g/mol. The van der Waals surface area contributed by atoms with E-state index in [0.29, 0.717) is 18.0 Å². The van der Waals surface area contributed by atoms with Crippen LogP contribution in [0.1, 0.15) is 48.7 Å². The molecule has 0 radical (unpaired) electrons. The van der Waals surface area contributed by atoms with Gasteiger partial charge < -0.3 is 9.32 Å². The Morgan fingerprint density at radius 2 is 1.97 bits per heavy atom. The minimum absolute atomic E-state index is 0. The molecule has 30 heavy (non-hydrogen) atoms. The number of rotatable bonds is 4. The van der Waals surface area contributed by atoms with Crippen molar-refractivity contribution in [1.82, 2.24) is 19.2 Å². The number of halogens is 2. The molecule has 162 valence electrons. The second-order valence-electron chi connectivity index (χ2n) is 8.36. The third-order valence-corrected chi connectivity index (χ3v) is 6.53. The third kappa shape index (κ3) is 3.81. The van der Waals surface area contributed by atoms with E-state index in [1.165, 1.54) is 17.7 Å². The first-order chi connectivity index (χ1) is 14.1. The molecule has 0 unspecified atom stereocenters. The fourth-order valence-electron chi connectivity index (χ4n) is 5.00. The Labute approximate surface area is 181 Å². The molecule has 0 spiro atoms. The summed E-state index contributed by atoms with van der Waals surface area (Å²) in [6.07, 6.45) is 5.19. The normalized spacial score (nSPS) is 17.8. The maximum Gasteiger partial charge on any atom is 0.345 e. The highest BCUT2D eigenvalue weighted by atomic mass is 35.5. The average Bonchev–Trinajstić information content (AvgIpc) is 3.22. The van der Waals surface area contributed by atoms with Crippen molar-refractivity contribution in [3.63, 3.8) is 0 Å². The monoisotopic (exact) mass is 434 g/mol. The lowest BCUT2D eigenvalue weighted by molar-refractivity contribution is 0.201. The first-order valence-corrected chi connectivity index (χ1v) is 10.7. The van der Waals surface area contributed by atoms with Crippen LogP contribution in [-0.2, 0) is 19.5 Å². The topological polar surface area (TPSA) is 56.2 Å². The second-order valence-corrected chi connectivity index (χ2v) is 8.36. The fraction of sp³-hybridized carbons (Fsp3) is 0.545. The molecule has 3 aromatic rings. The van der Waals surface area contributed by atoms with Gasteiger partial charge in [0.05, 0.1) is 6.54 Å². The zero-order valence-electron chi connectivity index (χ0n) is 17.3. The van der Waals surface area contributed by atoms with Gasteiger partial charge in [-0.25, -0.2) is 13.9 Å². The van der Waals surface area contributed by atoms with Gasteiger partial charge in [0, 0.05) is 36.5 Å². The van der Waals surface area contributed by atoms with Gasteiger partial charge in [0.2, 0.25) is 0 Å². The predicted octanol–water partition coefficient (Wildman–Crippen LogP) is 3.88. The molecular weight excluding hydrogens is 407 g/mol.